The standard InChI is InChI=1S/C22H15Br3N2O4S2/c23-14-5-9-16(10-6-14)32(28,29)26-21-13-20(25)22(19-4-2-1-3-18(19)21)27-33(30,31)17-11-7-15(24)8-12-17/h1-13,26-27H. The summed E-state index contributed by atoms with van der Waals surface area (Å²) >= 11 is 9.99. The molecule has 33 heavy (non-hydrogen) atoms. The van der Waals surface area contributed by atoms with Crippen LogP contribution in [0, 0.1) is 0 Å². The second-order valence-electron chi connectivity index (χ2n) is 6.95. The molecule has 4 aromatic carbocycles. The molecule has 0 fully saturated rings. The van der Waals surface area contributed by atoms with E-state index in [1.807, 2.05) is 0 Å². The summed E-state index contributed by atoms with van der Waals surface area (Å²) in [6.45, 7) is 0. The van der Waals surface area contributed by atoms with Gasteiger partial charge < -0.3 is 0 Å². The third-order valence-corrected chi connectivity index (χ3v) is 9.15. The van der Waals surface area contributed by atoms with Crippen molar-refractivity contribution in [2.24, 2.45) is 0 Å². The number of rotatable bonds is 6. The molecule has 4 rings (SSSR count). The maximum absolute atomic E-state index is 13.0. The molecule has 0 heterocycles. The Morgan fingerprint density at radius 1 is 0.576 bits per heavy atom. The fourth-order valence-electron chi connectivity index (χ4n) is 3.15. The summed E-state index contributed by atoms with van der Waals surface area (Å²) in [5.74, 6) is 0. The minimum Gasteiger partial charge on any atom is -0.279 e. The van der Waals surface area contributed by atoms with Crippen molar-refractivity contribution in [2.75, 3.05) is 9.44 Å². The topological polar surface area (TPSA) is 92.3 Å². The van der Waals surface area contributed by atoms with Gasteiger partial charge in [0, 0.05) is 24.2 Å². The fourth-order valence-corrected chi connectivity index (χ4v) is 6.53. The zero-order chi connectivity index (χ0) is 23.8. The first-order chi connectivity index (χ1) is 15.6. The monoisotopic (exact) mass is 672 g/mol. The lowest BCUT2D eigenvalue weighted by Gasteiger charge is -2.17. The number of nitrogens with one attached hydrogen (secondary N) is 2. The number of halogens is 3. The zero-order valence-corrected chi connectivity index (χ0v) is 23.0. The van der Waals surface area contributed by atoms with Crippen molar-refractivity contribution < 1.29 is 16.8 Å². The summed E-state index contributed by atoms with van der Waals surface area (Å²) in [5.41, 5.74) is 0.618. The van der Waals surface area contributed by atoms with Crippen LogP contribution in [0.25, 0.3) is 10.8 Å². The van der Waals surface area contributed by atoms with Gasteiger partial charge in [0.15, 0.2) is 0 Å². The van der Waals surface area contributed by atoms with Crippen LogP contribution in [-0.2, 0) is 20.0 Å². The van der Waals surface area contributed by atoms with E-state index in [2.05, 4.69) is 57.2 Å². The van der Waals surface area contributed by atoms with E-state index >= 15 is 0 Å². The van der Waals surface area contributed by atoms with E-state index in [0.29, 0.717) is 26.6 Å². The molecule has 0 atom stereocenters. The van der Waals surface area contributed by atoms with Gasteiger partial charge in [-0.15, -0.1) is 0 Å². The molecule has 6 nitrogen and oxygen atoms in total. The van der Waals surface area contributed by atoms with Gasteiger partial charge in [-0.05, 0) is 70.5 Å². The average Bonchev–Trinajstić information content (AvgIpc) is 2.77. The summed E-state index contributed by atoms with van der Waals surface area (Å²) in [6.07, 6.45) is 0. The second kappa shape index (κ2) is 9.38. The fraction of sp³-hybridized carbons (Fsp3) is 0. The molecule has 0 aliphatic heterocycles. The van der Waals surface area contributed by atoms with E-state index < -0.39 is 20.0 Å². The average molecular weight is 675 g/mol. The van der Waals surface area contributed by atoms with E-state index in [1.54, 1.807) is 48.5 Å². The highest BCUT2D eigenvalue weighted by Crippen LogP contribution is 2.39. The van der Waals surface area contributed by atoms with Gasteiger partial charge in [-0.1, -0.05) is 56.1 Å². The highest BCUT2D eigenvalue weighted by Gasteiger charge is 2.21. The summed E-state index contributed by atoms with van der Waals surface area (Å²) in [7, 11) is -7.75. The molecule has 0 amide bonds. The highest BCUT2D eigenvalue weighted by atomic mass is 79.9. The van der Waals surface area contributed by atoms with Gasteiger partial charge in [-0.25, -0.2) is 16.8 Å². The van der Waals surface area contributed by atoms with Gasteiger partial charge in [0.1, 0.15) is 0 Å². The minimum absolute atomic E-state index is 0.0988. The summed E-state index contributed by atoms with van der Waals surface area (Å²) < 4.78 is 59.0. The van der Waals surface area contributed by atoms with E-state index in [9.17, 15) is 16.8 Å². The summed E-state index contributed by atoms with van der Waals surface area (Å²) in [4.78, 5) is 0.202. The van der Waals surface area contributed by atoms with Gasteiger partial charge in [0.05, 0.1) is 21.2 Å². The lowest BCUT2D eigenvalue weighted by molar-refractivity contribution is 0.599. The van der Waals surface area contributed by atoms with Crippen LogP contribution in [0.1, 0.15) is 0 Å². The van der Waals surface area contributed by atoms with Gasteiger partial charge in [0.25, 0.3) is 20.0 Å². The molecule has 11 heteroatoms. The molecule has 0 aliphatic rings. The van der Waals surface area contributed by atoms with Crippen molar-refractivity contribution in [3.8, 4) is 0 Å². The van der Waals surface area contributed by atoms with E-state index in [-0.39, 0.29) is 9.79 Å². The zero-order valence-electron chi connectivity index (χ0n) is 16.6. The SMILES string of the molecule is O=S(=O)(Nc1cc(Br)c(NS(=O)(=O)c2ccc(Br)cc2)c2ccccc12)c1ccc(Br)cc1. The first kappa shape index (κ1) is 24.2. The van der Waals surface area contributed by atoms with Crippen LogP contribution < -0.4 is 9.44 Å². The smallest absolute Gasteiger partial charge is 0.261 e. The Morgan fingerprint density at radius 2 is 1.03 bits per heavy atom. The number of benzene rings is 4. The van der Waals surface area contributed by atoms with Gasteiger partial charge in [0.2, 0.25) is 0 Å². The Bertz CT molecular complexity index is 1560. The number of anilines is 2. The predicted molar refractivity (Wildman–Crippen MR) is 142 cm³/mol. The van der Waals surface area contributed by atoms with Crippen LogP contribution in [0.4, 0.5) is 11.4 Å². The second-order valence-corrected chi connectivity index (χ2v) is 13.0. The molecule has 0 saturated carbocycles. The molecule has 0 saturated heterocycles. The largest absolute Gasteiger partial charge is 0.279 e. The van der Waals surface area contributed by atoms with Crippen LogP contribution in [0.15, 0.2) is 102 Å². The molecule has 2 N–H and O–H groups in total. The molecule has 0 aliphatic carbocycles. The highest BCUT2D eigenvalue weighted by molar-refractivity contribution is 9.11. The molecule has 0 bridgehead atoms. The Morgan fingerprint density at radius 3 is 1.55 bits per heavy atom. The molecule has 0 radical (unpaired) electrons. The first-order valence-corrected chi connectivity index (χ1v) is 14.7. The van der Waals surface area contributed by atoms with Crippen molar-refractivity contribution in [1.82, 2.24) is 0 Å². The number of fused-ring (bicyclic) bond motifs is 1. The molecule has 0 spiro atoms. The quantitative estimate of drug-likeness (QED) is 0.237. The van der Waals surface area contributed by atoms with Crippen molar-refractivity contribution in [1.29, 1.82) is 0 Å². The Labute approximate surface area is 216 Å². The van der Waals surface area contributed by atoms with Crippen molar-refractivity contribution in [3.05, 3.63) is 92.3 Å². The molecular formula is C22H15Br3N2O4S2. The molecule has 4 aromatic rings. The van der Waals surface area contributed by atoms with Crippen LogP contribution in [0.5, 0.6) is 0 Å². The van der Waals surface area contributed by atoms with Gasteiger partial charge in [-0.2, -0.15) is 0 Å². The lowest BCUT2D eigenvalue weighted by Crippen LogP contribution is -2.15. The number of hydrogen-bond acceptors (Lipinski definition) is 4. The van der Waals surface area contributed by atoms with E-state index in [0.717, 1.165) is 8.95 Å². The van der Waals surface area contributed by atoms with Crippen molar-refractivity contribution in [2.45, 2.75) is 9.79 Å². The Balaban J connectivity index is 1.77. The van der Waals surface area contributed by atoms with Gasteiger partial charge >= 0.3 is 0 Å². The summed E-state index contributed by atoms with van der Waals surface area (Å²) in [5, 5.41) is 1.07. The number of hydrogen-bond donors (Lipinski definition) is 2. The Kier molecular flexibility index (Phi) is 6.88. The van der Waals surface area contributed by atoms with Crippen LogP contribution >= 0.6 is 47.8 Å². The van der Waals surface area contributed by atoms with Crippen molar-refractivity contribution in [3.63, 3.8) is 0 Å². The van der Waals surface area contributed by atoms with Crippen molar-refractivity contribution >= 4 is 90.0 Å². The lowest BCUT2D eigenvalue weighted by atomic mass is 10.1. The predicted octanol–water partition coefficient (Wildman–Crippen LogP) is 6.73. The maximum Gasteiger partial charge on any atom is 0.261 e. The van der Waals surface area contributed by atoms with Crippen LogP contribution in [-0.4, -0.2) is 16.8 Å². The summed E-state index contributed by atoms with van der Waals surface area (Å²) in [6, 6.07) is 21.0. The number of sulfonamides is 2. The molecule has 0 unspecified atom stereocenters. The minimum atomic E-state index is -3.88. The third kappa shape index (κ3) is 5.27. The maximum atomic E-state index is 13.0. The van der Waals surface area contributed by atoms with Crippen LogP contribution in [0.2, 0.25) is 0 Å². The van der Waals surface area contributed by atoms with E-state index in [1.165, 1.54) is 30.3 Å². The molecular weight excluding hydrogens is 660 g/mol. The van der Waals surface area contributed by atoms with Crippen LogP contribution in [0.3, 0.4) is 0 Å². The van der Waals surface area contributed by atoms with Gasteiger partial charge in [-0.3, -0.25) is 9.44 Å². The Hall–Kier alpha value is -1.92. The third-order valence-electron chi connectivity index (χ3n) is 4.73. The molecule has 0 aromatic heterocycles. The van der Waals surface area contributed by atoms with E-state index in [4.69, 9.17) is 0 Å². The normalized spacial score (nSPS) is 12.0. The molecule has 170 valence electrons. The first-order valence-electron chi connectivity index (χ1n) is 9.35.